The number of rotatable bonds is 6. The van der Waals surface area contributed by atoms with Gasteiger partial charge < -0.3 is 18.9 Å². The first kappa shape index (κ1) is 64.5. The van der Waals surface area contributed by atoms with Gasteiger partial charge in [-0.1, -0.05) is 169 Å². The van der Waals surface area contributed by atoms with E-state index in [1.165, 1.54) is 132 Å². The number of benzene rings is 1. The van der Waals surface area contributed by atoms with Gasteiger partial charge in [-0.3, -0.25) is 4.79 Å². The molecule has 0 N–H and O–H groups in total. The van der Waals surface area contributed by atoms with Crippen LogP contribution in [0.15, 0.2) is 65.8 Å². The Labute approximate surface area is 542 Å². The molecule has 13 unspecified atom stereocenters. The number of hydrogen-bond donors (Lipinski definition) is 0. The molecule has 1 aromatic carbocycles. The molecule has 12 aliphatic carbocycles. The first-order chi connectivity index (χ1) is 40.6. The van der Waals surface area contributed by atoms with Gasteiger partial charge in [-0.2, -0.15) is 0 Å². The summed E-state index contributed by atoms with van der Waals surface area (Å²) in [7, 11) is 0. The summed E-state index contributed by atoms with van der Waals surface area (Å²) in [5, 5.41) is 3.48. The van der Waals surface area contributed by atoms with E-state index in [1.807, 2.05) is 24.3 Å². The summed E-state index contributed by atoms with van der Waals surface area (Å²) in [4.78, 5) is 11.9. The lowest BCUT2D eigenvalue weighted by Gasteiger charge is -2.60. The summed E-state index contributed by atoms with van der Waals surface area (Å²) < 4.78 is 24.3. The highest BCUT2D eigenvalue weighted by Gasteiger charge is 2.64. The molecule has 22 atom stereocenters. The van der Waals surface area contributed by atoms with Crippen LogP contribution in [-0.2, 0) is 23.7 Å². The molecule has 9 saturated carbocycles. The molecule has 2 spiro atoms. The number of fused-ring (bicyclic) bond motifs is 15. The summed E-state index contributed by atoms with van der Waals surface area (Å²) in [6.07, 6.45) is 39.9. The molecule has 2 aliphatic heterocycles. The van der Waals surface area contributed by atoms with Crippen molar-refractivity contribution in [1.29, 1.82) is 0 Å². The van der Waals surface area contributed by atoms with Crippen molar-refractivity contribution >= 4 is 53.6 Å². The van der Waals surface area contributed by atoms with E-state index in [0.717, 1.165) is 158 Å². The van der Waals surface area contributed by atoms with E-state index in [2.05, 4.69) is 147 Å². The van der Waals surface area contributed by atoms with Crippen LogP contribution in [0.3, 0.4) is 0 Å². The highest BCUT2D eigenvalue weighted by atomic mass is 79.9. The number of carbonyl (C=O) groups excluding carboxylic acids is 1. The van der Waals surface area contributed by atoms with E-state index in [4.69, 9.17) is 18.9 Å². The van der Waals surface area contributed by atoms with Crippen molar-refractivity contribution in [3.8, 4) is 0 Å². The maximum Gasteiger partial charge on any atom is 0.188 e. The van der Waals surface area contributed by atoms with Crippen molar-refractivity contribution in [3.63, 3.8) is 0 Å². The third-order valence-corrected chi connectivity index (χ3v) is 32.9. The molecule has 85 heavy (non-hydrogen) atoms. The predicted octanol–water partition coefficient (Wildman–Crippen LogP) is 20.7. The van der Waals surface area contributed by atoms with Gasteiger partial charge in [0.1, 0.15) is 0 Å². The van der Waals surface area contributed by atoms with Crippen LogP contribution in [0.2, 0.25) is 0 Å². The Morgan fingerprint density at radius 1 is 0.482 bits per heavy atom. The minimum atomic E-state index is -0.366. The van der Waals surface area contributed by atoms with Gasteiger partial charge in [0.15, 0.2) is 17.4 Å². The van der Waals surface area contributed by atoms with Crippen molar-refractivity contribution in [3.05, 3.63) is 71.3 Å². The average molecular weight is 1360 g/mol. The number of ketones is 1. The normalized spacial score (nSPS) is 46.6. The van der Waals surface area contributed by atoms with Gasteiger partial charge in [0.2, 0.25) is 0 Å². The van der Waals surface area contributed by atoms with Gasteiger partial charge in [-0.15, -0.1) is 0 Å². The molecule has 1 aromatic rings. The van der Waals surface area contributed by atoms with Crippen LogP contribution in [0.1, 0.15) is 216 Å². The van der Waals surface area contributed by atoms with E-state index in [1.54, 1.807) is 5.57 Å². The molecular formula is C77H115Br3O5. The third-order valence-electron chi connectivity index (χ3n) is 29.8. The lowest BCUT2D eigenvalue weighted by molar-refractivity contribution is -0.213. The van der Waals surface area contributed by atoms with Crippen LogP contribution in [-0.4, -0.2) is 59.8 Å². The van der Waals surface area contributed by atoms with Crippen molar-refractivity contribution < 1.29 is 23.7 Å². The van der Waals surface area contributed by atoms with Gasteiger partial charge in [-0.25, -0.2) is 0 Å². The number of carbonyl (C=O) groups is 1. The Morgan fingerprint density at radius 2 is 0.965 bits per heavy atom. The Bertz CT molecular complexity index is 2600. The molecule has 474 valence electrons. The number of halogens is 3. The maximum atomic E-state index is 11.9. The second-order valence-corrected chi connectivity index (χ2v) is 35.3. The molecule has 14 aliphatic rings. The van der Waals surface area contributed by atoms with Crippen LogP contribution in [0.5, 0.6) is 0 Å². The fourth-order valence-electron chi connectivity index (χ4n) is 25.0. The third kappa shape index (κ3) is 11.3. The molecule has 0 aromatic heterocycles. The highest BCUT2D eigenvalue weighted by Crippen LogP contribution is 2.71. The van der Waals surface area contributed by atoms with Crippen LogP contribution >= 0.6 is 47.8 Å². The maximum absolute atomic E-state index is 11.9. The fraction of sp³-hybridized carbons (Fsp3) is 0.831. The van der Waals surface area contributed by atoms with Crippen LogP contribution in [0.4, 0.5) is 0 Å². The summed E-state index contributed by atoms with van der Waals surface area (Å²) in [6, 6.07) is 10.3. The largest absolute Gasteiger partial charge is 0.348 e. The van der Waals surface area contributed by atoms with Crippen LogP contribution in [0.25, 0.3) is 0 Å². The van der Waals surface area contributed by atoms with Crippen molar-refractivity contribution in [2.24, 2.45) is 127 Å². The Balaban J connectivity index is 0.000000118. The lowest BCUT2D eigenvalue weighted by atomic mass is 9.46. The zero-order valence-corrected chi connectivity index (χ0v) is 59.6. The molecule has 15 rings (SSSR count). The Morgan fingerprint density at radius 3 is 1.49 bits per heavy atom. The quantitative estimate of drug-likeness (QED) is 0.210. The van der Waals surface area contributed by atoms with Gasteiger partial charge >= 0.3 is 0 Å². The molecule has 2 saturated heterocycles. The smallest absolute Gasteiger partial charge is 0.188 e. The second-order valence-electron chi connectivity index (χ2n) is 33.3. The predicted molar refractivity (Wildman–Crippen MR) is 360 cm³/mol. The molecule has 5 nitrogen and oxygen atoms in total. The second kappa shape index (κ2) is 25.0. The molecule has 0 amide bonds. The van der Waals surface area contributed by atoms with Crippen LogP contribution < -0.4 is 0 Å². The summed E-state index contributed by atoms with van der Waals surface area (Å²) >= 11 is 11.3. The Hall–Kier alpha value is -0.610. The van der Waals surface area contributed by atoms with Crippen molar-refractivity contribution in [2.45, 2.75) is 228 Å². The van der Waals surface area contributed by atoms with Gasteiger partial charge in [0.05, 0.1) is 26.4 Å². The minimum Gasteiger partial charge on any atom is -0.348 e. The minimum absolute atomic E-state index is 0.256. The van der Waals surface area contributed by atoms with E-state index >= 15 is 0 Å². The molecule has 8 heteroatoms. The summed E-state index contributed by atoms with van der Waals surface area (Å²) in [5.41, 5.74) is 7.37. The Kier molecular flexibility index (Phi) is 19.0. The first-order valence-corrected chi connectivity index (χ1v) is 38.9. The average Bonchev–Trinajstić information content (AvgIpc) is 1.92. The zero-order valence-electron chi connectivity index (χ0n) is 54.8. The van der Waals surface area contributed by atoms with E-state index in [-0.39, 0.29) is 11.6 Å². The summed E-state index contributed by atoms with van der Waals surface area (Å²) in [5.74, 6) is 13.6. The highest BCUT2D eigenvalue weighted by molar-refractivity contribution is 9.09. The SMILES string of the molecule is C[C@H](CBr)C1CCC2C3C=CC4CC5(CC[C@]4(C)C3CC[C@@]21C)OCCO5.C[C@H](CBr)C1CCC2C3CCC4=CC(=O)CC[C@]4(C)C3CC[C@@]21C.C[C@H](CBr)C1CCC2C3CCC4=CC5(CC[C@]4(C)C3CC[C@@]21C)OCCO5.Cc1ccccc1. The topological polar surface area (TPSA) is 54.0 Å². The van der Waals surface area contributed by atoms with E-state index in [9.17, 15) is 4.79 Å². The standard InChI is InChI=1S/2C24H37BrO2.C22H33BrO.C7H8/c2*1-16(15-25)19-6-7-20-18-5-4-17-14-24(26-12-13-27-24)11-10-22(17,2)21(18)8-9-23(19,20)3;1-14(13-23)18-6-7-19-17-5-4-15-12-16(24)8-10-21(15,2)20(17)9-11-22(18,19)3;1-7-5-3-2-4-6-7/h14,16,18-21H,4-13,15H2,1-3H3;4-5,16-21H,6-15H2,1-3H3;12,14,17-20H,4-11,13H2,1-3H3;2-6H,1H3/t16-,18?,19?,20?,21?,22+,23-;16-,17?,18?,19?,20?,21?,22+,23-;14-,17?,18?,19?,20?,21+,22-;/m111./s1. The molecule has 11 fully saturated rings. The fourth-order valence-corrected chi connectivity index (χ4v) is 26.4. The van der Waals surface area contributed by atoms with Crippen LogP contribution in [0, 0.1) is 134 Å². The first-order valence-electron chi connectivity index (χ1n) is 35.5. The molecule has 0 radical (unpaired) electrons. The number of alkyl halides is 3. The van der Waals surface area contributed by atoms with Gasteiger partial charge in [0, 0.05) is 41.7 Å². The number of aryl methyl sites for hydroxylation is 1. The monoisotopic (exact) mass is 1360 g/mol. The molecular weight excluding hydrogens is 1240 g/mol. The molecule has 2 heterocycles. The number of ether oxygens (including phenoxy) is 4. The van der Waals surface area contributed by atoms with Crippen molar-refractivity contribution in [2.75, 3.05) is 42.4 Å². The number of allylic oxidation sites excluding steroid dienone is 4. The van der Waals surface area contributed by atoms with Crippen molar-refractivity contribution in [1.82, 2.24) is 0 Å². The molecule has 0 bridgehead atoms. The van der Waals surface area contributed by atoms with Gasteiger partial charge in [-0.05, 0) is 268 Å². The summed E-state index contributed by atoms with van der Waals surface area (Å²) in [6.45, 7) is 28.2. The van der Waals surface area contributed by atoms with Gasteiger partial charge in [0.25, 0.3) is 0 Å². The zero-order chi connectivity index (χ0) is 60.0. The van der Waals surface area contributed by atoms with E-state index < -0.39 is 0 Å². The lowest BCUT2D eigenvalue weighted by Crippen LogP contribution is -2.54. The number of hydrogen-bond acceptors (Lipinski definition) is 5. The van der Waals surface area contributed by atoms with E-state index in [0.29, 0.717) is 44.2 Å².